The number of hydrogen-bond acceptors (Lipinski definition) is 2. The lowest BCUT2D eigenvalue weighted by molar-refractivity contribution is 0.442. The van der Waals surface area contributed by atoms with Gasteiger partial charge in [-0.1, -0.05) is 28.8 Å². The van der Waals surface area contributed by atoms with Gasteiger partial charge in [-0.3, -0.25) is 0 Å². The third-order valence-corrected chi connectivity index (χ3v) is 4.08. The SMILES string of the molecule is NCC(NC1CCCC1)c1cc(F)ccc1Br. The highest BCUT2D eigenvalue weighted by atomic mass is 79.9. The maximum atomic E-state index is 13.3. The Hall–Kier alpha value is -0.450. The van der Waals surface area contributed by atoms with Gasteiger partial charge in [-0.15, -0.1) is 0 Å². The molecule has 94 valence electrons. The summed E-state index contributed by atoms with van der Waals surface area (Å²) >= 11 is 3.46. The molecule has 3 N–H and O–H groups in total. The summed E-state index contributed by atoms with van der Waals surface area (Å²) < 4.78 is 14.2. The third-order valence-electron chi connectivity index (χ3n) is 3.36. The Bertz CT molecular complexity index is 378. The molecule has 0 aliphatic heterocycles. The number of nitrogens with two attached hydrogens (primary N) is 1. The van der Waals surface area contributed by atoms with Crippen molar-refractivity contribution < 1.29 is 4.39 Å². The molecule has 0 heterocycles. The molecule has 1 fully saturated rings. The maximum absolute atomic E-state index is 13.3. The molecule has 1 atom stereocenters. The molecule has 0 amide bonds. The zero-order valence-electron chi connectivity index (χ0n) is 9.76. The molecule has 0 saturated heterocycles. The molecule has 4 heteroatoms. The molecule has 1 unspecified atom stereocenters. The summed E-state index contributed by atoms with van der Waals surface area (Å²) in [6.07, 6.45) is 4.95. The number of nitrogens with one attached hydrogen (secondary N) is 1. The van der Waals surface area contributed by atoms with Crippen LogP contribution in [0.25, 0.3) is 0 Å². The standard InChI is InChI=1S/C13H18BrFN2/c14-12-6-5-9(15)7-11(12)13(8-16)17-10-3-1-2-4-10/h5-7,10,13,17H,1-4,8,16H2. The van der Waals surface area contributed by atoms with Gasteiger partial charge in [0.15, 0.2) is 0 Å². The Morgan fingerprint density at radius 2 is 2.12 bits per heavy atom. The van der Waals surface area contributed by atoms with E-state index >= 15 is 0 Å². The first-order chi connectivity index (χ1) is 8.20. The van der Waals surface area contributed by atoms with Crippen molar-refractivity contribution in [3.05, 3.63) is 34.1 Å². The van der Waals surface area contributed by atoms with Crippen molar-refractivity contribution >= 4 is 15.9 Å². The second-order valence-electron chi connectivity index (χ2n) is 4.60. The van der Waals surface area contributed by atoms with E-state index in [1.165, 1.54) is 31.7 Å². The molecule has 1 saturated carbocycles. The fraction of sp³-hybridized carbons (Fsp3) is 0.538. The van der Waals surface area contributed by atoms with Crippen molar-refractivity contribution in [1.29, 1.82) is 0 Å². The summed E-state index contributed by atoms with van der Waals surface area (Å²) in [5, 5.41) is 3.53. The van der Waals surface area contributed by atoms with E-state index in [1.54, 1.807) is 12.1 Å². The summed E-state index contributed by atoms with van der Waals surface area (Å²) in [5.41, 5.74) is 6.71. The van der Waals surface area contributed by atoms with Gasteiger partial charge in [0.25, 0.3) is 0 Å². The minimum absolute atomic E-state index is 0.0307. The fourth-order valence-corrected chi connectivity index (χ4v) is 2.97. The highest BCUT2D eigenvalue weighted by Crippen LogP contribution is 2.27. The minimum atomic E-state index is -0.213. The predicted octanol–water partition coefficient (Wildman–Crippen LogP) is 3.12. The van der Waals surface area contributed by atoms with Crippen molar-refractivity contribution in [2.24, 2.45) is 5.73 Å². The first-order valence-electron chi connectivity index (χ1n) is 6.12. The van der Waals surface area contributed by atoms with E-state index in [4.69, 9.17) is 5.73 Å². The Morgan fingerprint density at radius 1 is 1.41 bits per heavy atom. The molecule has 1 aliphatic rings. The second-order valence-corrected chi connectivity index (χ2v) is 5.46. The topological polar surface area (TPSA) is 38.0 Å². The molecule has 0 radical (unpaired) electrons. The molecule has 1 aliphatic carbocycles. The van der Waals surface area contributed by atoms with Crippen molar-refractivity contribution in [3.8, 4) is 0 Å². The van der Waals surface area contributed by atoms with E-state index in [1.807, 2.05) is 0 Å². The number of halogens is 2. The Morgan fingerprint density at radius 3 is 2.76 bits per heavy atom. The quantitative estimate of drug-likeness (QED) is 0.896. The van der Waals surface area contributed by atoms with Crippen LogP contribution >= 0.6 is 15.9 Å². The summed E-state index contributed by atoms with van der Waals surface area (Å²) in [5.74, 6) is -0.213. The number of hydrogen-bond donors (Lipinski definition) is 2. The summed E-state index contributed by atoms with van der Waals surface area (Å²) in [6, 6.07) is 5.31. The van der Waals surface area contributed by atoms with Crippen LogP contribution in [-0.2, 0) is 0 Å². The van der Waals surface area contributed by atoms with Crippen molar-refractivity contribution in [2.75, 3.05) is 6.54 Å². The number of rotatable bonds is 4. The molecular weight excluding hydrogens is 283 g/mol. The van der Waals surface area contributed by atoms with Crippen molar-refractivity contribution in [2.45, 2.75) is 37.8 Å². The lowest BCUT2D eigenvalue weighted by Crippen LogP contribution is -2.35. The Balaban J connectivity index is 2.13. The summed E-state index contributed by atoms with van der Waals surface area (Å²) in [7, 11) is 0. The molecule has 17 heavy (non-hydrogen) atoms. The normalized spacial score (nSPS) is 18.5. The average Bonchev–Trinajstić information content (AvgIpc) is 2.82. The number of benzene rings is 1. The summed E-state index contributed by atoms with van der Waals surface area (Å²) in [6.45, 7) is 0.485. The maximum Gasteiger partial charge on any atom is 0.123 e. The van der Waals surface area contributed by atoms with Gasteiger partial charge in [-0.25, -0.2) is 4.39 Å². The van der Waals surface area contributed by atoms with Gasteiger partial charge in [-0.05, 0) is 36.6 Å². The molecule has 1 aromatic carbocycles. The third kappa shape index (κ3) is 3.27. The van der Waals surface area contributed by atoms with Gasteiger partial charge in [0, 0.05) is 23.1 Å². The first-order valence-corrected chi connectivity index (χ1v) is 6.91. The fourth-order valence-electron chi connectivity index (χ4n) is 2.44. The second kappa shape index (κ2) is 5.94. The van der Waals surface area contributed by atoms with Crippen LogP contribution in [0.3, 0.4) is 0 Å². The van der Waals surface area contributed by atoms with E-state index in [9.17, 15) is 4.39 Å². The van der Waals surface area contributed by atoms with Crippen molar-refractivity contribution in [3.63, 3.8) is 0 Å². The zero-order chi connectivity index (χ0) is 12.3. The van der Waals surface area contributed by atoms with Gasteiger partial charge in [0.1, 0.15) is 5.82 Å². The van der Waals surface area contributed by atoms with Gasteiger partial charge in [0.05, 0.1) is 0 Å². The molecule has 0 bridgehead atoms. The van der Waals surface area contributed by atoms with E-state index in [0.29, 0.717) is 12.6 Å². The monoisotopic (exact) mass is 300 g/mol. The molecular formula is C13H18BrFN2. The molecule has 0 aromatic heterocycles. The van der Waals surface area contributed by atoms with E-state index in [-0.39, 0.29) is 11.9 Å². The molecule has 0 spiro atoms. The molecule has 2 rings (SSSR count). The average molecular weight is 301 g/mol. The van der Waals surface area contributed by atoms with E-state index in [0.717, 1.165) is 10.0 Å². The summed E-state index contributed by atoms with van der Waals surface area (Å²) in [4.78, 5) is 0. The van der Waals surface area contributed by atoms with Crippen LogP contribution in [0.2, 0.25) is 0 Å². The Labute approximate surface area is 110 Å². The zero-order valence-corrected chi connectivity index (χ0v) is 11.3. The van der Waals surface area contributed by atoms with Gasteiger partial charge >= 0.3 is 0 Å². The smallest absolute Gasteiger partial charge is 0.123 e. The van der Waals surface area contributed by atoms with Crippen LogP contribution in [-0.4, -0.2) is 12.6 Å². The first kappa shape index (κ1) is 13.0. The van der Waals surface area contributed by atoms with Crippen LogP contribution in [0.15, 0.2) is 22.7 Å². The van der Waals surface area contributed by atoms with Crippen LogP contribution in [0.1, 0.15) is 37.3 Å². The minimum Gasteiger partial charge on any atom is -0.329 e. The highest BCUT2D eigenvalue weighted by molar-refractivity contribution is 9.10. The van der Waals surface area contributed by atoms with Gasteiger partial charge < -0.3 is 11.1 Å². The van der Waals surface area contributed by atoms with Crippen LogP contribution in [0.4, 0.5) is 4.39 Å². The van der Waals surface area contributed by atoms with Crippen LogP contribution < -0.4 is 11.1 Å². The van der Waals surface area contributed by atoms with E-state index in [2.05, 4.69) is 21.2 Å². The van der Waals surface area contributed by atoms with Crippen LogP contribution in [0.5, 0.6) is 0 Å². The Kier molecular flexibility index (Phi) is 4.54. The van der Waals surface area contributed by atoms with E-state index < -0.39 is 0 Å². The lowest BCUT2D eigenvalue weighted by Gasteiger charge is -2.23. The van der Waals surface area contributed by atoms with Crippen molar-refractivity contribution in [1.82, 2.24) is 5.32 Å². The highest BCUT2D eigenvalue weighted by Gasteiger charge is 2.21. The molecule has 1 aromatic rings. The predicted molar refractivity (Wildman–Crippen MR) is 71.3 cm³/mol. The lowest BCUT2D eigenvalue weighted by atomic mass is 10.1. The largest absolute Gasteiger partial charge is 0.329 e. The van der Waals surface area contributed by atoms with Gasteiger partial charge in [-0.2, -0.15) is 0 Å². The molecule has 2 nitrogen and oxygen atoms in total. The van der Waals surface area contributed by atoms with Gasteiger partial charge in [0.2, 0.25) is 0 Å². The van der Waals surface area contributed by atoms with Crippen LogP contribution in [0, 0.1) is 5.82 Å².